The summed E-state index contributed by atoms with van der Waals surface area (Å²) in [4.78, 5) is 12.0. The minimum absolute atomic E-state index is 0.214. The van der Waals surface area contributed by atoms with Crippen molar-refractivity contribution >= 4 is 5.78 Å². The highest BCUT2D eigenvalue weighted by Gasteiger charge is 2.47. The molecule has 0 unspecified atom stereocenters. The van der Waals surface area contributed by atoms with Crippen LogP contribution in [-0.4, -0.2) is 16.5 Å². The van der Waals surface area contributed by atoms with Crippen LogP contribution in [0.15, 0.2) is 0 Å². The standard InChI is InChI=1S/C14H24O2/c1-13(2,16)10-6-8-14(3)7-4-5-12(15)11(14)9-10/h10-11,16H,4-9H2,1-3H3/t10-,11+,14-/m1/s1. The second kappa shape index (κ2) is 3.83. The van der Waals surface area contributed by atoms with Gasteiger partial charge < -0.3 is 5.11 Å². The molecule has 2 aliphatic rings. The first kappa shape index (κ1) is 12.1. The molecule has 0 aromatic rings. The molecule has 1 N–H and O–H groups in total. The summed E-state index contributed by atoms with van der Waals surface area (Å²) in [6.45, 7) is 6.04. The van der Waals surface area contributed by atoms with Gasteiger partial charge >= 0.3 is 0 Å². The Labute approximate surface area is 98.4 Å². The molecular weight excluding hydrogens is 200 g/mol. The fourth-order valence-electron chi connectivity index (χ4n) is 3.67. The molecule has 0 aromatic carbocycles. The van der Waals surface area contributed by atoms with E-state index in [1.54, 1.807) is 0 Å². The maximum atomic E-state index is 12.0. The molecule has 0 aromatic heterocycles. The number of fused-ring (bicyclic) bond motifs is 1. The maximum absolute atomic E-state index is 12.0. The molecule has 0 saturated heterocycles. The monoisotopic (exact) mass is 224 g/mol. The average Bonchev–Trinajstić information content (AvgIpc) is 2.15. The summed E-state index contributed by atoms with van der Waals surface area (Å²) in [6.07, 6.45) is 6.11. The smallest absolute Gasteiger partial charge is 0.136 e. The average molecular weight is 224 g/mol. The molecule has 2 nitrogen and oxygen atoms in total. The lowest BCUT2D eigenvalue weighted by Gasteiger charge is -2.49. The number of rotatable bonds is 1. The zero-order valence-electron chi connectivity index (χ0n) is 10.8. The fraction of sp³-hybridized carbons (Fsp3) is 0.929. The molecule has 92 valence electrons. The molecule has 0 spiro atoms. The molecule has 3 atom stereocenters. The number of Topliss-reactive ketones (excluding diaryl/α,β-unsaturated/α-hetero) is 1. The summed E-state index contributed by atoms with van der Waals surface area (Å²) < 4.78 is 0. The van der Waals surface area contributed by atoms with Gasteiger partial charge in [0.1, 0.15) is 5.78 Å². The van der Waals surface area contributed by atoms with Crippen LogP contribution in [0.5, 0.6) is 0 Å². The largest absolute Gasteiger partial charge is 0.390 e. The molecule has 0 amide bonds. The van der Waals surface area contributed by atoms with Gasteiger partial charge in [-0.3, -0.25) is 4.79 Å². The number of hydrogen-bond donors (Lipinski definition) is 1. The van der Waals surface area contributed by atoms with Crippen LogP contribution in [0, 0.1) is 17.3 Å². The number of carbonyl (C=O) groups excluding carboxylic acids is 1. The fourth-order valence-corrected chi connectivity index (χ4v) is 3.67. The van der Waals surface area contributed by atoms with E-state index in [0.29, 0.717) is 11.7 Å². The van der Waals surface area contributed by atoms with Crippen molar-refractivity contribution in [3.63, 3.8) is 0 Å². The second-order valence-corrected chi connectivity index (χ2v) is 6.65. The topological polar surface area (TPSA) is 37.3 Å². The molecule has 2 fully saturated rings. The highest BCUT2D eigenvalue weighted by atomic mass is 16.3. The van der Waals surface area contributed by atoms with Crippen molar-refractivity contribution in [2.75, 3.05) is 0 Å². The molecule has 2 aliphatic carbocycles. The van der Waals surface area contributed by atoms with Gasteiger partial charge in [-0.1, -0.05) is 6.92 Å². The maximum Gasteiger partial charge on any atom is 0.136 e. The number of hydrogen-bond acceptors (Lipinski definition) is 2. The Balaban J connectivity index is 2.15. The summed E-state index contributed by atoms with van der Waals surface area (Å²) in [5.74, 6) is 0.960. The highest BCUT2D eigenvalue weighted by molar-refractivity contribution is 5.82. The van der Waals surface area contributed by atoms with E-state index in [9.17, 15) is 9.90 Å². The molecule has 0 heterocycles. The molecule has 0 bridgehead atoms. The van der Waals surface area contributed by atoms with Crippen LogP contribution in [0.4, 0.5) is 0 Å². The van der Waals surface area contributed by atoms with Crippen molar-refractivity contribution in [2.45, 2.75) is 64.9 Å². The highest BCUT2D eigenvalue weighted by Crippen LogP contribution is 2.51. The van der Waals surface area contributed by atoms with Gasteiger partial charge in [0.2, 0.25) is 0 Å². The van der Waals surface area contributed by atoms with E-state index in [4.69, 9.17) is 0 Å². The third-order valence-corrected chi connectivity index (χ3v) is 4.98. The van der Waals surface area contributed by atoms with E-state index in [1.165, 1.54) is 6.42 Å². The van der Waals surface area contributed by atoms with E-state index >= 15 is 0 Å². The molecule has 2 heteroatoms. The van der Waals surface area contributed by atoms with E-state index in [-0.39, 0.29) is 11.3 Å². The van der Waals surface area contributed by atoms with Gasteiger partial charge in [0, 0.05) is 12.3 Å². The third-order valence-electron chi connectivity index (χ3n) is 4.98. The van der Waals surface area contributed by atoms with Crippen LogP contribution in [0.25, 0.3) is 0 Å². The van der Waals surface area contributed by atoms with Crippen molar-refractivity contribution in [2.24, 2.45) is 17.3 Å². The van der Waals surface area contributed by atoms with Gasteiger partial charge in [-0.15, -0.1) is 0 Å². The van der Waals surface area contributed by atoms with Gasteiger partial charge in [-0.2, -0.15) is 0 Å². The Morgan fingerprint density at radius 2 is 2.06 bits per heavy atom. The van der Waals surface area contributed by atoms with E-state index in [2.05, 4.69) is 6.92 Å². The van der Waals surface area contributed by atoms with Crippen LogP contribution < -0.4 is 0 Å². The summed E-state index contributed by atoms with van der Waals surface area (Å²) in [7, 11) is 0. The van der Waals surface area contributed by atoms with Crippen molar-refractivity contribution in [1.29, 1.82) is 0 Å². The molecule has 2 saturated carbocycles. The minimum atomic E-state index is -0.626. The van der Waals surface area contributed by atoms with Gasteiger partial charge in [0.05, 0.1) is 5.60 Å². The van der Waals surface area contributed by atoms with Gasteiger partial charge in [0.15, 0.2) is 0 Å². The SMILES string of the molecule is CC(C)(O)[C@@H]1CC[C@@]2(C)CCCC(=O)[C@@H]2C1. The van der Waals surface area contributed by atoms with E-state index < -0.39 is 5.60 Å². The summed E-state index contributed by atoms with van der Waals surface area (Å²) >= 11 is 0. The van der Waals surface area contributed by atoms with Gasteiger partial charge in [-0.25, -0.2) is 0 Å². The Bertz CT molecular complexity index is 290. The Hall–Kier alpha value is -0.370. The Morgan fingerprint density at radius 3 is 2.69 bits per heavy atom. The first-order chi connectivity index (χ1) is 7.33. The van der Waals surface area contributed by atoms with Crippen molar-refractivity contribution < 1.29 is 9.90 Å². The predicted molar refractivity (Wildman–Crippen MR) is 64.1 cm³/mol. The van der Waals surface area contributed by atoms with Crippen LogP contribution in [-0.2, 0) is 4.79 Å². The zero-order valence-corrected chi connectivity index (χ0v) is 10.8. The van der Waals surface area contributed by atoms with Crippen LogP contribution in [0.1, 0.15) is 59.3 Å². The Morgan fingerprint density at radius 1 is 1.38 bits per heavy atom. The zero-order chi connectivity index (χ0) is 12.0. The number of carbonyl (C=O) groups is 1. The van der Waals surface area contributed by atoms with Gasteiger partial charge in [-0.05, 0) is 57.3 Å². The van der Waals surface area contributed by atoms with Crippen molar-refractivity contribution in [3.05, 3.63) is 0 Å². The Kier molecular flexibility index (Phi) is 2.90. The molecule has 0 aliphatic heterocycles. The lowest BCUT2D eigenvalue weighted by molar-refractivity contribution is -0.136. The normalized spacial score (nSPS) is 40.6. The van der Waals surface area contributed by atoms with Crippen LogP contribution >= 0.6 is 0 Å². The first-order valence-corrected chi connectivity index (χ1v) is 6.58. The quantitative estimate of drug-likeness (QED) is 0.743. The third kappa shape index (κ3) is 2.04. The minimum Gasteiger partial charge on any atom is -0.390 e. The molecule has 16 heavy (non-hydrogen) atoms. The second-order valence-electron chi connectivity index (χ2n) is 6.65. The lowest BCUT2D eigenvalue weighted by atomic mass is 9.56. The summed E-state index contributed by atoms with van der Waals surface area (Å²) in [5, 5.41) is 10.1. The first-order valence-electron chi connectivity index (χ1n) is 6.58. The van der Waals surface area contributed by atoms with Crippen LogP contribution in [0.3, 0.4) is 0 Å². The predicted octanol–water partition coefficient (Wildman–Crippen LogP) is 2.93. The van der Waals surface area contributed by atoms with E-state index in [0.717, 1.165) is 32.1 Å². The summed E-state index contributed by atoms with van der Waals surface area (Å²) in [5.41, 5.74) is -0.393. The van der Waals surface area contributed by atoms with E-state index in [1.807, 2.05) is 13.8 Å². The van der Waals surface area contributed by atoms with Crippen molar-refractivity contribution in [3.8, 4) is 0 Å². The molecular formula is C14H24O2. The van der Waals surface area contributed by atoms with Crippen LogP contribution in [0.2, 0.25) is 0 Å². The number of ketones is 1. The van der Waals surface area contributed by atoms with Crippen molar-refractivity contribution in [1.82, 2.24) is 0 Å². The lowest BCUT2D eigenvalue weighted by Crippen LogP contribution is -2.46. The molecule has 2 rings (SSSR count). The number of aliphatic hydroxyl groups is 1. The molecule has 0 radical (unpaired) electrons. The summed E-state index contributed by atoms with van der Waals surface area (Å²) in [6, 6.07) is 0. The van der Waals surface area contributed by atoms with Gasteiger partial charge in [0.25, 0.3) is 0 Å².